The van der Waals surface area contributed by atoms with Crippen LogP contribution in [0.25, 0.3) is 0 Å². The van der Waals surface area contributed by atoms with Gasteiger partial charge < -0.3 is 5.32 Å². The third-order valence-corrected chi connectivity index (χ3v) is 4.81. The minimum atomic E-state index is 0.831. The molecule has 0 spiro atoms. The summed E-state index contributed by atoms with van der Waals surface area (Å²) in [6.45, 7) is 5.77. The van der Waals surface area contributed by atoms with E-state index in [-0.39, 0.29) is 0 Å². The molecule has 1 fully saturated rings. The van der Waals surface area contributed by atoms with Gasteiger partial charge in [0.05, 0.1) is 0 Å². The van der Waals surface area contributed by atoms with Gasteiger partial charge in [-0.2, -0.15) is 0 Å². The Morgan fingerprint density at radius 1 is 1.21 bits per heavy atom. The Labute approximate surface area is 117 Å². The van der Waals surface area contributed by atoms with Crippen LogP contribution in [0.15, 0.2) is 18.2 Å². The third kappa shape index (κ3) is 2.79. The van der Waals surface area contributed by atoms with Crippen LogP contribution in [0.4, 0.5) is 5.69 Å². The van der Waals surface area contributed by atoms with Crippen LogP contribution in [0.5, 0.6) is 0 Å². The minimum absolute atomic E-state index is 0.831. The number of hydrogen-bond acceptors (Lipinski definition) is 2. The van der Waals surface area contributed by atoms with Crippen LogP contribution < -0.4 is 5.32 Å². The largest absolute Gasteiger partial charge is 0.385 e. The van der Waals surface area contributed by atoms with Crippen LogP contribution in [0.1, 0.15) is 50.2 Å². The van der Waals surface area contributed by atoms with Crippen LogP contribution in [0.2, 0.25) is 0 Å². The summed E-state index contributed by atoms with van der Waals surface area (Å²) in [6.07, 6.45) is 8.19. The van der Waals surface area contributed by atoms with Gasteiger partial charge in [-0.1, -0.05) is 31.9 Å². The van der Waals surface area contributed by atoms with Crippen molar-refractivity contribution in [1.29, 1.82) is 0 Å². The van der Waals surface area contributed by atoms with Gasteiger partial charge in [-0.15, -0.1) is 0 Å². The molecular formula is C17H26N2. The molecule has 2 aliphatic rings. The van der Waals surface area contributed by atoms with Crippen LogP contribution >= 0.6 is 0 Å². The molecule has 0 bridgehead atoms. The topological polar surface area (TPSA) is 15.3 Å². The first-order valence-corrected chi connectivity index (χ1v) is 7.97. The van der Waals surface area contributed by atoms with Gasteiger partial charge >= 0.3 is 0 Å². The lowest BCUT2D eigenvalue weighted by Crippen LogP contribution is -2.33. The summed E-state index contributed by atoms with van der Waals surface area (Å²) < 4.78 is 0. The summed E-state index contributed by atoms with van der Waals surface area (Å²) >= 11 is 0. The van der Waals surface area contributed by atoms with E-state index in [0.717, 1.165) is 19.1 Å². The molecule has 1 aromatic rings. The summed E-state index contributed by atoms with van der Waals surface area (Å²) in [6, 6.07) is 7.62. The average Bonchev–Trinajstić information content (AvgIpc) is 2.99. The lowest BCUT2D eigenvalue weighted by molar-refractivity contribution is 0.199. The lowest BCUT2D eigenvalue weighted by Gasteiger charge is -2.30. The highest BCUT2D eigenvalue weighted by molar-refractivity contribution is 5.56. The number of benzene rings is 1. The fourth-order valence-corrected chi connectivity index (χ4v) is 3.72. The standard InChI is InChI=1S/C17H26N2/c1-2-19(15-8-3-4-9-15)13-14-7-5-11-17-16(14)10-6-12-18-17/h5,7,11,15,18H,2-4,6,8-10,12-13H2,1H3. The van der Waals surface area contributed by atoms with Crippen molar-refractivity contribution in [1.82, 2.24) is 4.90 Å². The summed E-state index contributed by atoms with van der Waals surface area (Å²) in [7, 11) is 0. The summed E-state index contributed by atoms with van der Waals surface area (Å²) in [4.78, 5) is 2.69. The van der Waals surface area contributed by atoms with E-state index in [1.165, 1.54) is 50.8 Å². The highest BCUT2D eigenvalue weighted by Gasteiger charge is 2.22. The highest BCUT2D eigenvalue weighted by atomic mass is 15.1. The van der Waals surface area contributed by atoms with E-state index >= 15 is 0 Å². The van der Waals surface area contributed by atoms with Crippen molar-refractivity contribution < 1.29 is 0 Å². The Bertz CT molecular complexity index is 421. The molecule has 2 heteroatoms. The molecule has 0 amide bonds. The van der Waals surface area contributed by atoms with Crippen LogP contribution in [0.3, 0.4) is 0 Å². The molecule has 1 N–H and O–H groups in total. The molecule has 19 heavy (non-hydrogen) atoms. The van der Waals surface area contributed by atoms with E-state index in [0.29, 0.717) is 0 Å². The van der Waals surface area contributed by atoms with Gasteiger partial charge in [0.1, 0.15) is 0 Å². The fraction of sp³-hybridized carbons (Fsp3) is 0.647. The van der Waals surface area contributed by atoms with E-state index in [2.05, 4.69) is 35.3 Å². The molecule has 2 nitrogen and oxygen atoms in total. The maximum Gasteiger partial charge on any atom is 0.0375 e. The molecule has 1 aliphatic heterocycles. The first kappa shape index (κ1) is 13.0. The van der Waals surface area contributed by atoms with Crippen molar-refractivity contribution in [3.05, 3.63) is 29.3 Å². The van der Waals surface area contributed by atoms with Gasteiger partial charge in [0.15, 0.2) is 0 Å². The van der Waals surface area contributed by atoms with E-state index in [4.69, 9.17) is 0 Å². The Hall–Kier alpha value is -1.02. The zero-order valence-corrected chi connectivity index (χ0v) is 12.1. The van der Waals surface area contributed by atoms with Crippen LogP contribution in [-0.4, -0.2) is 24.0 Å². The van der Waals surface area contributed by atoms with Crippen molar-refractivity contribution in [3.63, 3.8) is 0 Å². The van der Waals surface area contributed by atoms with Gasteiger partial charge in [0.25, 0.3) is 0 Å². The van der Waals surface area contributed by atoms with Gasteiger partial charge in [-0.3, -0.25) is 4.90 Å². The van der Waals surface area contributed by atoms with Gasteiger partial charge in [-0.25, -0.2) is 0 Å². The molecule has 1 aromatic carbocycles. The summed E-state index contributed by atoms with van der Waals surface area (Å²) in [5, 5.41) is 3.55. The van der Waals surface area contributed by atoms with E-state index in [1.807, 2.05) is 0 Å². The Morgan fingerprint density at radius 2 is 2.05 bits per heavy atom. The lowest BCUT2D eigenvalue weighted by atomic mass is 9.97. The Morgan fingerprint density at radius 3 is 2.84 bits per heavy atom. The molecule has 0 unspecified atom stereocenters. The quantitative estimate of drug-likeness (QED) is 0.883. The van der Waals surface area contributed by atoms with Crippen LogP contribution in [0, 0.1) is 0 Å². The number of hydrogen-bond donors (Lipinski definition) is 1. The maximum atomic E-state index is 3.55. The highest BCUT2D eigenvalue weighted by Crippen LogP contribution is 2.29. The SMILES string of the molecule is CCN(Cc1cccc2c1CCCN2)C1CCCC1. The van der Waals surface area contributed by atoms with Crippen LogP contribution in [-0.2, 0) is 13.0 Å². The molecule has 1 heterocycles. The molecule has 1 aliphatic carbocycles. The van der Waals surface area contributed by atoms with Gasteiger partial charge in [0.2, 0.25) is 0 Å². The molecule has 3 rings (SSSR count). The normalized spacial score (nSPS) is 19.5. The minimum Gasteiger partial charge on any atom is -0.385 e. The molecule has 0 radical (unpaired) electrons. The van der Waals surface area contributed by atoms with E-state index < -0.39 is 0 Å². The van der Waals surface area contributed by atoms with Gasteiger partial charge in [-0.05, 0) is 49.4 Å². The zero-order valence-electron chi connectivity index (χ0n) is 12.1. The Balaban J connectivity index is 1.78. The Kier molecular flexibility index (Phi) is 4.07. The molecule has 1 saturated carbocycles. The van der Waals surface area contributed by atoms with E-state index in [1.54, 1.807) is 11.1 Å². The second-order valence-corrected chi connectivity index (χ2v) is 5.97. The van der Waals surface area contributed by atoms with E-state index in [9.17, 15) is 0 Å². The van der Waals surface area contributed by atoms with Crippen molar-refractivity contribution in [3.8, 4) is 0 Å². The number of rotatable bonds is 4. The average molecular weight is 258 g/mol. The molecular weight excluding hydrogens is 232 g/mol. The summed E-state index contributed by atoms with van der Waals surface area (Å²) in [5.41, 5.74) is 4.51. The fourth-order valence-electron chi connectivity index (χ4n) is 3.72. The second kappa shape index (κ2) is 5.96. The van der Waals surface area contributed by atoms with Crippen molar-refractivity contribution in [2.45, 2.75) is 58.0 Å². The monoisotopic (exact) mass is 258 g/mol. The molecule has 0 aromatic heterocycles. The first-order chi connectivity index (χ1) is 9.38. The summed E-state index contributed by atoms with van der Waals surface area (Å²) in [5.74, 6) is 0. The number of fused-ring (bicyclic) bond motifs is 1. The maximum absolute atomic E-state index is 3.55. The second-order valence-electron chi connectivity index (χ2n) is 5.97. The number of nitrogens with one attached hydrogen (secondary N) is 1. The first-order valence-electron chi connectivity index (χ1n) is 7.97. The van der Waals surface area contributed by atoms with Crippen molar-refractivity contribution >= 4 is 5.69 Å². The zero-order chi connectivity index (χ0) is 13.1. The number of nitrogens with zero attached hydrogens (tertiary/aromatic N) is 1. The smallest absolute Gasteiger partial charge is 0.0375 e. The molecule has 0 saturated heterocycles. The van der Waals surface area contributed by atoms with Gasteiger partial charge in [0, 0.05) is 24.8 Å². The van der Waals surface area contributed by atoms with Crippen molar-refractivity contribution in [2.24, 2.45) is 0 Å². The predicted octanol–water partition coefficient (Wildman–Crippen LogP) is 3.81. The predicted molar refractivity (Wildman–Crippen MR) is 81.6 cm³/mol. The molecule has 0 atom stereocenters. The number of anilines is 1. The molecule has 104 valence electrons. The van der Waals surface area contributed by atoms with Crippen molar-refractivity contribution in [2.75, 3.05) is 18.4 Å². The third-order valence-electron chi connectivity index (χ3n) is 4.81.